The zero-order valence-electron chi connectivity index (χ0n) is 11.9. The van der Waals surface area contributed by atoms with Crippen LogP contribution in [0.25, 0.3) is 5.69 Å². The van der Waals surface area contributed by atoms with Gasteiger partial charge in [0, 0.05) is 26.0 Å². The highest BCUT2D eigenvalue weighted by Crippen LogP contribution is 2.12. The predicted molar refractivity (Wildman–Crippen MR) is 83.7 cm³/mol. The van der Waals surface area contributed by atoms with Crippen LogP contribution in [-0.4, -0.2) is 40.2 Å². The maximum Gasteiger partial charge on any atom is 0.239 e. The Labute approximate surface area is 130 Å². The van der Waals surface area contributed by atoms with E-state index >= 15 is 0 Å². The third kappa shape index (κ3) is 3.43. The van der Waals surface area contributed by atoms with Crippen LogP contribution in [0, 0.1) is 0 Å². The first-order valence-corrected chi connectivity index (χ1v) is 6.81. The molecule has 2 heterocycles. The summed E-state index contributed by atoms with van der Waals surface area (Å²) in [5.41, 5.74) is 2.14. The lowest BCUT2D eigenvalue weighted by atomic mass is 10.1. The lowest BCUT2D eigenvalue weighted by molar-refractivity contribution is -0.134. The smallest absolute Gasteiger partial charge is 0.239 e. The van der Waals surface area contributed by atoms with Crippen molar-refractivity contribution in [1.82, 2.24) is 20.0 Å². The van der Waals surface area contributed by atoms with E-state index in [0.717, 1.165) is 24.2 Å². The van der Waals surface area contributed by atoms with E-state index in [-0.39, 0.29) is 24.4 Å². The van der Waals surface area contributed by atoms with Crippen molar-refractivity contribution in [3.8, 4) is 5.69 Å². The van der Waals surface area contributed by atoms with Crippen molar-refractivity contribution in [2.45, 2.75) is 19.0 Å². The number of halogens is 1. The van der Waals surface area contributed by atoms with Gasteiger partial charge in [0.15, 0.2) is 0 Å². The molecule has 1 aliphatic rings. The molecule has 112 valence electrons. The number of likely N-dealkylation sites (N-methyl/N-ethyl adjacent to an activating group) is 1. The van der Waals surface area contributed by atoms with Crippen molar-refractivity contribution in [2.75, 3.05) is 13.6 Å². The molecule has 6 heteroatoms. The molecular formula is C15H19ClN4O. The van der Waals surface area contributed by atoms with Crippen molar-refractivity contribution >= 4 is 18.3 Å². The number of benzene rings is 1. The summed E-state index contributed by atoms with van der Waals surface area (Å²) in [5, 5.41) is 7.33. The molecule has 0 aliphatic carbocycles. The van der Waals surface area contributed by atoms with Crippen LogP contribution in [0.1, 0.15) is 12.0 Å². The number of hydrogen-bond acceptors (Lipinski definition) is 3. The average Bonchev–Trinajstić information content (AvgIpc) is 2.91. The molecule has 0 saturated carbocycles. The van der Waals surface area contributed by atoms with Gasteiger partial charge in [-0.2, -0.15) is 5.10 Å². The third-order valence-electron chi connectivity index (χ3n) is 3.62. The predicted octanol–water partition coefficient (Wildman–Crippen LogP) is 1.61. The maximum atomic E-state index is 12.0. The molecule has 2 aromatic rings. The Morgan fingerprint density at radius 2 is 2.14 bits per heavy atom. The van der Waals surface area contributed by atoms with E-state index < -0.39 is 0 Å². The minimum Gasteiger partial charge on any atom is -0.340 e. The molecule has 21 heavy (non-hydrogen) atoms. The molecule has 1 aromatic heterocycles. The highest BCUT2D eigenvalue weighted by atomic mass is 35.5. The van der Waals surface area contributed by atoms with E-state index in [1.54, 1.807) is 11.1 Å². The summed E-state index contributed by atoms with van der Waals surface area (Å²) < 4.78 is 1.82. The Morgan fingerprint density at radius 3 is 2.67 bits per heavy atom. The molecule has 1 N–H and O–H groups in total. The Bertz CT molecular complexity index is 578. The molecule has 1 saturated heterocycles. The van der Waals surface area contributed by atoms with Crippen LogP contribution in [0.5, 0.6) is 0 Å². The van der Waals surface area contributed by atoms with Gasteiger partial charge in [-0.3, -0.25) is 4.79 Å². The molecule has 0 unspecified atom stereocenters. The SMILES string of the molecule is CN(Cc1ccc(-n2cccn2)cc1)C(=O)[C@@H]1CCN1.Cl. The van der Waals surface area contributed by atoms with E-state index in [1.807, 2.05) is 48.3 Å². The van der Waals surface area contributed by atoms with E-state index in [4.69, 9.17) is 0 Å². The average molecular weight is 307 g/mol. The van der Waals surface area contributed by atoms with Gasteiger partial charge < -0.3 is 10.2 Å². The summed E-state index contributed by atoms with van der Waals surface area (Å²) in [6.45, 7) is 1.58. The summed E-state index contributed by atoms with van der Waals surface area (Å²) >= 11 is 0. The quantitative estimate of drug-likeness (QED) is 0.934. The maximum absolute atomic E-state index is 12.0. The van der Waals surface area contributed by atoms with Gasteiger partial charge in [0.05, 0.1) is 11.7 Å². The van der Waals surface area contributed by atoms with Gasteiger partial charge in [-0.25, -0.2) is 4.68 Å². The fourth-order valence-electron chi connectivity index (χ4n) is 2.29. The van der Waals surface area contributed by atoms with Crippen molar-refractivity contribution in [1.29, 1.82) is 0 Å². The minimum absolute atomic E-state index is 0. The molecular weight excluding hydrogens is 288 g/mol. The van der Waals surface area contributed by atoms with Crippen LogP contribution in [0.4, 0.5) is 0 Å². The van der Waals surface area contributed by atoms with Gasteiger partial charge in [0.25, 0.3) is 0 Å². The Hall–Kier alpha value is -1.85. The number of nitrogens with zero attached hydrogens (tertiary/aromatic N) is 3. The Kier molecular flexibility index (Phi) is 4.98. The number of carbonyl (C=O) groups is 1. The summed E-state index contributed by atoms with van der Waals surface area (Å²) in [4.78, 5) is 13.8. The van der Waals surface area contributed by atoms with Crippen molar-refractivity contribution < 1.29 is 4.79 Å². The van der Waals surface area contributed by atoms with Gasteiger partial charge in [-0.05, 0) is 36.7 Å². The van der Waals surface area contributed by atoms with Crippen molar-refractivity contribution in [3.05, 3.63) is 48.3 Å². The van der Waals surface area contributed by atoms with Crippen LogP contribution in [0.2, 0.25) is 0 Å². The number of amides is 1. The first-order chi connectivity index (χ1) is 9.74. The molecule has 1 aliphatic heterocycles. The number of rotatable bonds is 4. The molecule has 0 spiro atoms. The Morgan fingerprint density at radius 1 is 1.43 bits per heavy atom. The largest absolute Gasteiger partial charge is 0.340 e. The monoisotopic (exact) mass is 306 g/mol. The molecule has 0 radical (unpaired) electrons. The molecule has 3 rings (SSSR count). The molecule has 1 fully saturated rings. The zero-order valence-corrected chi connectivity index (χ0v) is 12.7. The van der Waals surface area contributed by atoms with E-state index in [9.17, 15) is 4.79 Å². The van der Waals surface area contributed by atoms with Crippen LogP contribution >= 0.6 is 12.4 Å². The van der Waals surface area contributed by atoms with E-state index in [1.165, 1.54) is 0 Å². The summed E-state index contributed by atoms with van der Waals surface area (Å²) in [7, 11) is 1.85. The summed E-state index contributed by atoms with van der Waals surface area (Å²) in [6, 6.07) is 10.0. The fraction of sp³-hybridized carbons (Fsp3) is 0.333. The number of hydrogen-bond donors (Lipinski definition) is 1. The second-order valence-electron chi connectivity index (χ2n) is 5.11. The summed E-state index contributed by atoms with van der Waals surface area (Å²) in [5.74, 6) is 0.174. The fourth-order valence-corrected chi connectivity index (χ4v) is 2.29. The highest BCUT2D eigenvalue weighted by Gasteiger charge is 2.26. The number of carbonyl (C=O) groups excluding carboxylic acids is 1. The van der Waals surface area contributed by atoms with Gasteiger partial charge in [-0.15, -0.1) is 12.4 Å². The minimum atomic E-state index is 0. The van der Waals surface area contributed by atoms with Crippen LogP contribution < -0.4 is 5.32 Å². The third-order valence-corrected chi connectivity index (χ3v) is 3.62. The van der Waals surface area contributed by atoms with Gasteiger partial charge >= 0.3 is 0 Å². The summed E-state index contributed by atoms with van der Waals surface area (Å²) in [6.07, 6.45) is 4.61. The molecule has 1 amide bonds. The highest BCUT2D eigenvalue weighted by molar-refractivity contribution is 5.85. The van der Waals surface area contributed by atoms with E-state index in [2.05, 4.69) is 10.4 Å². The molecule has 0 bridgehead atoms. The van der Waals surface area contributed by atoms with Crippen LogP contribution in [0.15, 0.2) is 42.7 Å². The second-order valence-corrected chi connectivity index (χ2v) is 5.11. The van der Waals surface area contributed by atoms with E-state index in [0.29, 0.717) is 6.54 Å². The second kappa shape index (κ2) is 6.74. The lowest BCUT2D eigenvalue weighted by Crippen LogP contribution is -2.53. The van der Waals surface area contributed by atoms with Crippen molar-refractivity contribution in [2.24, 2.45) is 0 Å². The van der Waals surface area contributed by atoms with Crippen molar-refractivity contribution in [3.63, 3.8) is 0 Å². The Balaban J connectivity index is 0.00000161. The van der Waals surface area contributed by atoms with Crippen LogP contribution in [-0.2, 0) is 11.3 Å². The molecule has 1 aromatic carbocycles. The van der Waals surface area contributed by atoms with Gasteiger partial charge in [0.2, 0.25) is 5.91 Å². The van der Waals surface area contributed by atoms with Gasteiger partial charge in [0.1, 0.15) is 0 Å². The molecule has 1 atom stereocenters. The topological polar surface area (TPSA) is 50.2 Å². The normalized spacial score (nSPS) is 16.7. The standard InChI is InChI=1S/C15H18N4O.ClH/c1-18(15(20)14-7-9-16-14)11-12-3-5-13(6-4-12)19-10-2-8-17-19;/h2-6,8,10,14,16H,7,9,11H2,1H3;1H/t14-;/m0./s1. The zero-order chi connectivity index (χ0) is 13.9. The van der Waals surface area contributed by atoms with Gasteiger partial charge in [-0.1, -0.05) is 12.1 Å². The first kappa shape index (κ1) is 15.5. The lowest BCUT2D eigenvalue weighted by Gasteiger charge is -2.30. The molecule has 5 nitrogen and oxygen atoms in total. The number of nitrogens with one attached hydrogen (secondary N) is 1. The number of aromatic nitrogens is 2. The van der Waals surface area contributed by atoms with Crippen LogP contribution in [0.3, 0.4) is 0 Å². The first-order valence-electron chi connectivity index (χ1n) is 6.81.